The Morgan fingerprint density at radius 3 is 1.20 bits per heavy atom. The van der Waals surface area contributed by atoms with Gasteiger partial charge >= 0.3 is 19.5 Å². The van der Waals surface area contributed by atoms with Crippen LogP contribution in [0, 0.1) is 0 Å². The van der Waals surface area contributed by atoms with Gasteiger partial charge in [0.05, 0.1) is 53.9 Å². The number of hydrogen-bond donors (Lipinski definition) is 0. The molecule has 382 valence electrons. The smallest absolute Gasteiger partial charge is 0.495 e. The molecule has 18 nitrogen and oxygen atoms in total. The molecule has 0 amide bonds. The number of pyridine rings is 5. The summed E-state index contributed by atoms with van der Waals surface area (Å²) < 4.78 is 37.1. The Bertz CT molecular complexity index is 4510. The Balaban J connectivity index is 0.000000653. The van der Waals surface area contributed by atoms with Crippen molar-refractivity contribution in [1.29, 1.82) is 0 Å². The molecule has 14 rings (SSSR count). The van der Waals surface area contributed by atoms with E-state index in [9.17, 15) is 0 Å². The molecule has 0 unspecified atom stereocenters. The van der Waals surface area contributed by atoms with E-state index in [2.05, 4.69) is 9.97 Å². The number of benzene rings is 4. The molecule has 4 aromatic carbocycles. The molecule has 8 bridgehead atoms. The van der Waals surface area contributed by atoms with Crippen molar-refractivity contribution in [2.45, 2.75) is 0 Å². The summed E-state index contributed by atoms with van der Waals surface area (Å²) in [5, 5.41) is 2.55. The molecular formula is C61H44N13O5Zn+3. The zero-order chi connectivity index (χ0) is 53.4. The fourth-order valence-corrected chi connectivity index (χ4v) is 9.31. The van der Waals surface area contributed by atoms with E-state index >= 15 is 0 Å². The Morgan fingerprint density at radius 2 is 0.762 bits per heavy atom. The fourth-order valence-electron chi connectivity index (χ4n) is 9.31. The third kappa shape index (κ3) is 9.95. The van der Waals surface area contributed by atoms with Gasteiger partial charge in [-0.1, -0.05) is 48.5 Å². The number of nitrogens with zero attached hydrogens (tertiary/aromatic N) is 13. The first-order valence-corrected chi connectivity index (χ1v) is 24.9. The summed E-state index contributed by atoms with van der Waals surface area (Å²) in [6.45, 7) is 0. The average molecular weight is 1100 g/mol. The molecule has 0 radical (unpaired) electrons. The van der Waals surface area contributed by atoms with Crippen LogP contribution >= 0.6 is 0 Å². The van der Waals surface area contributed by atoms with Gasteiger partial charge in [-0.15, -0.1) is 0 Å². The molecule has 80 heavy (non-hydrogen) atoms. The van der Waals surface area contributed by atoms with Gasteiger partial charge in [-0.05, 0) is 77.5 Å². The van der Waals surface area contributed by atoms with Crippen LogP contribution in [0.25, 0.3) is 89.7 Å². The molecule has 12 aromatic rings. The predicted octanol–water partition coefficient (Wildman–Crippen LogP) is 10.3. The summed E-state index contributed by atoms with van der Waals surface area (Å²) in [7, 11) is 7.43. The van der Waals surface area contributed by atoms with E-state index in [1.807, 2.05) is 205 Å². The molecule has 0 saturated heterocycles. The number of rotatable bonds is 9. The van der Waals surface area contributed by atoms with Crippen LogP contribution in [0.3, 0.4) is 0 Å². The van der Waals surface area contributed by atoms with Crippen molar-refractivity contribution in [1.82, 2.24) is 49.8 Å². The first-order chi connectivity index (χ1) is 38.8. The van der Waals surface area contributed by atoms with Gasteiger partial charge in [0.2, 0.25) is 18.6 Å². The van der Waals surface area contributed by atoms with E-state index in [4.69, 9.17) is 63.6 Å². The normalized spacial score (nSPS) is 11.2. The van der Waals surface area contributed by atoms with Crippen LogP contribution in [0.2, 0.25) is 0 Å². The third-order valence-electron chi connectivity index (χ3n) is 12.8. The molecular weight excluding hydrogens is 1060 g/mol. The molecule has 2 aliphatic rings. The summed E-state index contributed by atoms with van der Waals surface area (Å²) in [4.78, 5) is 49.9. The van der Waals surface area contributed by atoms with E-state index in [1.165, 1.54) is 0 Å². The van der Waals surface area contributed by atoms with Gasteiger partial charge in [-0.3, -0.25) is 9.97 Å². The topological polar surface area (TPSA) is 189 Å². The van der Waals surface area contributed by atoms with Crippen molar-refractivity contribution in [3.8, 4) is 97.3 Å². The SMILES string of the molecule is COc1cccnc1.C[n+]1cccc(Oc2cccc3c2-c2nc-3nc3[n-]c(nc4nc(nc5[n-]c(n2)c2cccc(Oc6ccc[n+](C)c6)c52)-c2cccc(Oc5cccnc5)c2-4)c2c(Oc4ccc[n+](C)c4)cccc32)c1.[Zn+2]. The Kier molecular flexibility index (Phi) is 13.6. The summed E-state index contributed by atoms with van der Waals surface area (Å²) in [6, 6.07) is 41.7. The summed E-state index contributed by atoms with van der Waals surface area (Å²) in [5.74, 6) is 6.51. The van der Waals surface area contributed by atoms with Crippen molar-refractivity contribution >= 4 is 44.1 Å². The van der Waals surface area contributed by atoms with Gasteiger partial charge < -0.3 is 53.6 Å². The quantitative estimate of drug-likeness (QED) is 0.0980. The number of methoxy groups -OCH3 is 1. The monoisotopic (exact) mass is 1100 g/mol. The Labute approximate surface area is 469 Å². The van der Waals surface area contributed by atoms with Gasteiger partial charge in [0, 0.05) is 75.1 Å². The second kappa shape index (κ2) is 21.6. The van der Waals surface area contributed by atoms with E-state index < -0.39 is 0 Å². The van der Waals surface area contributed by atoms with Gasteiger partial charge in [0.1, 0.15) is 55.6 Å². The number of ether oxygens (including phenoxy) is 5. The van der Waals surface area contributed by atoms with Crippen LogP contribution in [0.15, 0.2) is 195 Å². The maximum Gasteiger partial charge on any atom is 2.00 e. The van der Waals surface area contributed by atoms with Gasteiger partial charge in [-0.2, -0.15) is 0 Å². The van der Waals surface area contributed by atoms with Crippen molar-refractivity contribution in [3.63, 3.8) is 0 Å². The van der Waals surface area contributed by atoms with E-state index in [0.717, 1.165) is 5.75 Å². The van der Waals surface area contributed by atoms with E-state index in [-0.39, 0.29) is 19.5 Å². The number of fused-ring (bicyclic) bond motifs is 20. The van der Waals surface area contributed by atoms with Crippen LogP contribution in [0.4, 0.5) is 0 Å². The predicted molar refractivity (Wildman–Crippen MR) is 292 cm³/mol. The molecule has 0 spiro atoms. The molecule has 10 heterocycles. The molecule has 0 N–H and O–H groups in total. The molecule has 2 aliphatic heterocycles. The minimum absolute atomic E-state index is 0. The first-order valence-electron chi connectivity index (χ1n) is 24.9. The van der Waals surface area contributed by atoms with E-state index in [1.54, 1.807) is 31.9 Å². The third-order valence-corrected chi connectivity index (χ3v) is 12.8. The van der Waals surface area contributed by atoms with Crippen LogP contribution in [0.1, 0.15) is 0 Å². The van der Waals surface area contributed by atoms with Gasteiger partial charge in [0.25, 0.3) is 0 Å². The number of hydrogen-bond acceptors (Lipinski definition) is 13. The first kappa shape index (κ1) is 50.4. The number of aromatic nitrogens is 13. The average Bonchev–Trinajstić information content (AvgIpc) is 4.33. The largest absolute Gasteiger partial charge is 2.00 e. The number of aryl methyl sites for hydroxylation is 3. The Morgan fingerprint density at radius 1 is 0.375 bits per heavy atom. The van der Waals surface area contributed by atoms with E-state index in [0.29, 0.717) is 136 Å². The minimum atomic E-state index is 0. The summed E-state index contributed by atoms with van der Waals surface area (Å²) in [6.07, 6.45) is 18.2. The fraction of sp³-hybridized carbons (Fsp3) is 0.0656. The van der Waals surface area contributed by atoms with Crippen LogP contribution in [-0.4, -0.2) is 47.0 Å². The van der Waals surface area contributed by atoms with Crippen molar-refractivity contribution in [3.05, 3.63) is 195 Å². The van der Waals surface area contributed by atoms with Gasteiger partial charge in [-0.25, -0.2) is 23.7 Å². The second-order valence-electron chi connectivity index (χ2n) is 18.3. The molecule has 0 fully saturated rings. The zero-order valence-electron chi connectivity index (χ0n) is 43.5. The molecule has 8 aromatic heterocycles. The van der Waals surface area contributed by atoms with Crippen molar-refractivity contribution in [2.24, 2.45) is 21.1 Å². The molecule has 19 heteroatoms. The van der Waals surface area contributed by atoms with Gasteiger partial charge in [0.15, 0.2) is 35.8 Å². The summed E-state index contributed by atoms with van der Waals surface area (Å²) in [5.41, 5.74) is 3.85. The van der Waals surface area contributed by atoms with Crippen LogP contribution < -0.4 is 47.4 Å². The minimum Gasteiger partial charge on any atom is -0.495 e. The zero-order valence-corrected chi connectivity index (χ0v) is 46.5. The Hall–Kier alpha value is -10.4. The molecule has 0 saturated carbocycles. The van der Waals surface area contributed by atoms with Crippen LogP contribution in [-0.2, 0) is 40.6 Å². The van der Waals surface area contributed by atoms with Crippen molar-refractivity contribution in [2.75, 3.05) is 7.11 Å². The maximum absolute atomic E-state index is 6.64. The van der Waals surface area contributed by atoms with Crippen LogP contribution in [0.5, 0.6) is 51.7 Å². The van der Waals surface area contributed by atoms with Crippen molar-refractivity contribution < 1.29 is 56.9 Å². The second-order valence-corrected chi connectivity index (χ2v) is 18.3. The molecule has 0 aliphatic carbocycles. The summed E-state index contributed by atoms with van der Waals surface area (Å²) >= 11 is 0. The molecule has 0 atom stereocenters. The standard InChI is InChI=1S/C55H37N12O4.C6H7NO.Zn/c1-65-25-9-13-33(29-65)69-41-21-5-16-36-45(41)52-58-48(36)57-49-37-17-6-23-43(71-35-15-11-27-67(3)31-35)47(37)55(59-49)64-54-44-38(18-4-20-40(44)68-32-12-8-24-56-28-32)51(63-54)62-53-46-39(50(60-52)61-53)19-7-22-42(46)70-34-14-10-26-66(2)30-34;1-8-6-3-2-4-7-5-6;/h4-31H,1-3H3;2-5H,1H3;/q+1;;+2. The maximum atomic E-state index is 6.64.